The van der Waals surface area contributed by atoms with Crippen LogP contribution in [0.1, 0.15) is 63.2 Å². The second-order valence-corrected chi connectivity index (χ2v) is 6.34. The van der Waals surface area contributed by atoms with Gasteiger partial charge in [0.25, 0.3) is 0 Å². The van der Waals surface area contributed by atoms with Crippen molar-refractivity contribution in [1.82, 2.24) is 14.9 Å². The van der Waals surface area contributed by atoms with Crippen molar-refractivity contribution in [3.63, 3.8) is 0 Å². The van der Waals surface area contributed by atoms with E-state index in [9.17, 15) is 5.11 Å². The summed E-state index contributed by atoms with van der Waals surface area (Å²) in [6.45, 7) is 8.55. The number of rotatable bonds is 8. The van der Waals surface area contributed by atoms with Gasteiger partial charge >= 0.3 is 0 Å². The first-order valence-electron chi connectivity index (χ1n) is 8.56. The number of aliphatic hydroxyl groups excluding tert-OH is 1. The maximum Gasteiger partial charge on any atom is 0.106 e. The summed E-state index contributed by atoms with van der Waals surface area (Å²) in [5.41, 5.74) is 2.69. The molecule has 0 aromatic carbocycles. The van der Waals surface area contributed by atoms with Crippen molar-refractivity contribution in [2.45, 2.75) is 77.8 Å². The lowest BCUT2D eigenvalue weighted by atomic mass is 9.91. The summed E-state index contributed by atoms with van der Waals surface area (Å²) in [5, 5.41) is 13.2. The molecule has 0 radical (unpaired) electrons. The first-order chi connectivity index (χ1) is 10.2. The monoisotopic (exact) mass is 293 g/mol. The van der Waals surface area contributed by atoms with E-state index in [4.69, 9.17) is 4.98 Å². The number of hydrogen-bond donors (Lipinski definition) is 2. The number of nitrogens with zero attached hydrogens (tertiary/aromatic N) is 2. The Morgan fingerprint density at radius 2 is 2.05 bits per heavy atom. The summed E-state index contributed by atoms with van der Waals surface area (Å²) in [7, 11) is 0. The van der Waals surface area contributed by atoms with Gasteiger partial charge in [0.15, 0.2) is 0 Å². The van der Waals surface area contributed by atoms with Gasteiger partial charge < -0.3 is 15.0 Å². The first-order valence-corrected chi connectivity index (χ1v) is 8.56. The number of aryl methyl sites for hydroxylation is 2. The summed E-state index contributed by atoms with van der Waals surface area (Å²) >= 11 is 0. The molecule has 21 heavy (non-hydrogen) atoms. The summed E-state index contributed by atoms with van der Waals surface area (Å²) < 4.78 is 2.41. The predicted octanol–water partition coefficient (Wildman–Crippen LogP) is 2.60. The zero-order valence-electron chi connectivity index (χ0n) is 13.9. The van der Waals surface area contributed by atoms with Gasteiger partial charge in [-0.3, -0.25) is 0 Å². The third-order valence-electron chi connectivity index (χ3n) is 4.99. The topological polar surface area (TPSA) is 50.1 Å². The van der Waals surface area contributed by atoms with Crippen molar-refractivity contribution in [2.24, 2.45) is 0 Å². The highest BCUT2D eigenvalue weighted by atomic mass is 16.3. The summed E-state index contributed by atoms with van der Waals surface area (Å²) in [6, 6.07) is 0. The minimum atomic E-state index is -0.108. The molecular formula is C17H31N3O. The zero-order chi connectivity index (χ0) is 15.3. The fourth-order valence-electron chi connectivity index (χ4n) is 3.62. The molecule has 0 spiro atoms. The first kappa shape index (κ1) is 16.5. The van der Waals surface area contributed by atoms with E-state index in [0.29, 0.717) is 0 Å². The second kappa shape index (κ2) is 7.41. The highest BCUT2D eigenvalue weighted by Gasteiger charge is 2.26. The van der Waals surface area contributed by atoms with Crippen molar-refractivity contribution in [3.05, 3.63) is 17.2 Å². The van der Waals surface area contributed by atoms with Crippen molar-refractivity contribution >= 4 is 0 Å². The molecule has 4 heteroatoms. The molecule has 0 amide bonds. The third kappa shape index (κ3) is 3.67. The lowest BCUT2D eigenvalue weighted by molar-refractivity contribution is 0.144. The fourth-order valence-corrected chi connectivity index (χ4v) is 3.62. The molecule has 1 heterocycles. The Labute approximate surface area is 129 Å². The highest BCUT2D eigenvalue weighted by Crippen LogP contribution is 2.24. The van der Waals surface area contributed by atoms with Crippen LogP contribution in [0.25, 0.3) is 0 Å². The van der Waals surface area contributed by atoms with Crippen molar-refractivity contribution in [2.75, 3.05) is 13.2 Å². The van der Waals surface area contributed by atoms with Crippen molar-refractivity contribution in [1.29, 1.82) is 0 Å². The number of aliphatic hydroxyl groups is 1. The van der Waals surface area contributed by atoms with Gasteiger partial charge in [-0.1, -0.05) is 13.8 Å². The molecule has 2 rings (SSSR count). The van der Waals surface area contributed by atoms with Crippen LogP contribution in [0.5, 0.6) is 0 Å². The van der Waals surface area contributed by atoms with Gasteiger partial charge in [-0.25, -0.2) is 4.98 Å². The van der Waals surface area contributed by atoms with E-state index in [1.807, 2.05) is 0 Å². The number of aromatic nitrogens is 2. The molecule has 1 aliphatic carbocycles. The van der Waals surface area contributed by atoms with E-state index in [1.54, 1.807) is 0 Å². The molecule has 0 aliphatic heterocycles. The average molecular weight is 293 g/mol. The molecule has 1 aliphatic rings. The van der Waals surface area contributed by atoms with Crippen molar-refractivity contribution in [3.8, 4) is 0 Å². The van der Waals surface area contributed by atoms with Gasteiger partial charge in [-0.15, -0.1) is 0 Å². The van der Waals surface area contributed by atoms with E-state index < -0.39 is 0 Å². The van der Waals surface area contributed by atoms with Gasteiger partial charge in [-0.05, 0) is 58.4 Å². The Morgan fingerprint density at radius 3 is 2.71 bits per heavy atom. The number of fused-ring (bicyclic) bond motifs is 1. The van der Waals surface area contributed by atoms with Crippen LogP contribution in [-0.4, -0.2) is 33.3 Å². The molecule has 0 bridgehead atoms. The quantitative estimate of drug-likeness (QED) is 0.774. The number of nitrogens with one attached hydrogen (secondary N) is 1. The smallest absolute Gasteiger partial charge is 0.106 e. The Bertz CT molecular complexity index is 449. The maximum absolute atomic E-state index is 9.73. The average Bonchev–Trinajstić information content (AvgIpc) is 2.82. The molecule has 1 atom stereocenters. The van der Waals surface area contributed by atoms with Crippen LogP contribution in [0, 0.1) is 6.92 Å². The van der Waals surface area contributed by atoms with Crippen LogP contribution >= 0.6 is 0 Å². The summed E-state index contributed by atoms with van der Waals surface area (Å²) in [4.78, 5) is 4.74. The van der Waals surface area contributed by atoms with Gasteiger partial charge in [0.05, 0.1) is 12.3 Å². The van der Waals surface area contributed by atoms with Crippen LogP contribution < -0.4 is 5.32 Å². The standard InChI is InChI=1S/C17H31N3O/c1-4-17(13-21,18-5-2)11-8-12-20-14(3)19-15-9-6-7-10-16(15)20/h18,21H,4-13H2,1-3H3. The lowest BCUT2D eigenvalue weighted by Crippen LogP contribution is -2.48. The van der Waals surface area contributed by atoms with E-state index in [-0.39, 0.29) is 12.1 Å². The minimum absolute atomic E-state index is 0.108. The van der Waals surface area contributed by atoms with Gasteiger partial charge in [-0.2, -0.15) is 0 Å². The van der Waals surface area contributed by atoms with Crippen LogP contribution in [0.3, 0.4) is 0 Å². The molecular weight excluding hydrogens is 262 g/mol. The largest absolute Gasteiger partial charge is 0.394 e. The van der Waals surface area contributed by atoms with Gasteiger partial charge in [0, 0.05) is 17.8 Å². The van der Waals surface area contributed by atoms with E-state index in [2.05, 4.69) is 30.7 Å². The molecule has 1 unspecified atom stereocenters. The highest BCUT2D eigenvalue weighted by molar-refractivity contribution is 5.19. The Morgan fingerprint density at radius 1 is 1.29 bits per heavy atom. The Hall–Kier alpha value is -0.870. The number of imidazole rings is 1. The summed E-state index contributed by atoms with van der Waals surface area (Å²) in [6.07, 6.45) is 7.99. The molecule has 0 fully saturated rings. The Balaban J connectivity index is 1.98. The molecule has 1 aromatic rings. The molecule has 2 N–H and O–H groups in total. The molecule has 1 aromatic heterocycles. The van der Waals surface area contributed by atoms with Gasteiger partial charge in [0.1, 0.15) is 5.82 Å². The molecule has 120 valence electrons. The number of hydrogen-bond acceptors (Lipinski definition) is 3. The van der Waals surface area contributed by atoms with Crippen LogP contribution in [0.4, 0.5) is 0 Å². The van der Waals surface area contributed by atoms with Crippen LogP contribution in [-0.2, 0) is 19.4 Å². The fraction of sp³-hybridized carbons (Fsp3) is 0.824. The van der Waals surface area contributed by atoms with Crippen molar-refractivity contribution < 1.29 is 5.11 Å². The van der Waals surface area contributed by atoms with E-state index in [1.165, 1.54) is 30.7 Å². The molecule has 0 saturated heterocycles. The minimum Gasteiger partial charge on any atom is -0.394 e. The van der Waals surface area contributed by atoms with Crippen LogP contribution in [0.2, 0.25) is 0 Å². The predicted molar refractivity (Wildman–Crippen MR) is 86.6 cm³/mol. The normalized spacial score (nSPS) is 17.5. The van der Waals surface area contributed by atoms with Gasteiger partial charge in [0.2, 0.25) is 0 Å². The lowest BCUT2D eigenvalue weighted by Gasteiger charge is -2.32. The SMILES string of the molecule is CCNC(CC)(CO)CCCn1c(C)nc2c1CCCC2. The second-order valence-electron chi connectivity index (χ2n) is 6.34. The van der Waals surface area contributed by atoms with E-state index in [0.717, 1.165) is 44.6 Å². The van der Waals surface area contributed by atoms with E-state index >= 15 is 0 Å². The Kier molecular flexibility index (Phi) is 5.82. The molecule has 0 saturated carbocycles. The third-order valence-corrected chi connectivity index (χ3v) is 4.99. The number of likely N-dealkylation sites (N-methyl/N-ethyl adjacent to an activating group) is 1. The summed E-state index contributed by atoms with van der Waals surface area (Å²) in [5.74, 6) is 1.16. The maximum atomic E-state index is 9.73. The van der Waals surface area contributed by atoms with Crippen LogP contribution in [0.15, 0.2) is 0 Å². The zero-order valence-corrected chi connectivity index (χ0v) is 13.9. The molecule has 4 nitrogen and oxygen atoms in total.